The number of nitrogens with one attached hydrogen (secondary N) is 1. The number of aromatic nitrogens is 2. The number of amides is 1. The van der Waals surface area contributed by atoms with Crippen molar-refractivity contribution in [2.75, 3.05) is 12.4 Å². The fraction of sp³-hybridized carbons (Fsp3) is 0.238. The summed E-state index contributed by atoms with van der Waals surface area (Å²) in [5.74, 6) is 0.580. The molecule has 1 atom stereocenters. The van der Waals surface area contributed by atoms with Gasteiger partial charge in [0.05, 0.1) is 20.3 Å². The van der Waals surface area contributed by atoms with Gasteiger partial charge in [-0.3, -0.25) is 9.48 Å². The van der Waals surface area contributed by atoms with Crippen LogP contribution >= 0.6 is 0 Å². The quantitative estimate of drug-likeness (QED) is 0.664. The van der Waals surface area contributed by atoms with E-state index in [1.807, 2.05) is 65.5 Å². The van der Waals surface area contributed by atoms with Crippen molar-refractivity contribution < 1.29 is 14.3 Å². The van der Waals surface area contributed by atoms with E-state index in [0.29, 0.717) is 13.2 Å². The number of benzene rings is 2. The van der Waals surface area contributed by atoms with Crippen molar-refractivity contribution in [1.29, 1.82) is 0 Å². The summed E-state index contributed by atoms with van der Waals surface area (Å²) in [7, 11) is 1.62. The van der Waals surface area contributed by atoms with Gasteiger partial charge in [-0.1, -0.05) is 24.3 Å². The highest BCUT2D eigenvalue weighted by atomic mass is 16.5. The largest absolute Gasteiger partial charge is 0.497 e. The summed E-state index contributed by atoms with van der Waals surface area (Å²) in [4.78, 5) is 12.4. The second-order valence-electron chi connectivity index (χ2n) is 6.20. The van der Waals surface area contributed by atoms with E-state index < -0.39 is 6.10 Å². The van der Waals surface area contributed by atoms with Crippen LogP contribution in [0, 0.1) is 0 Å². The summed E-state index contributed by atoms with van der Waals surface area (Å²) in [6.45, 7) is 2.73. The lowest BCUT2D eigenvalue weighted by Crippen LogP contribution is -2.27. The molecular weight excluding hydrogens is 342 g/mol. The maximum Gasteiger partial charge on any atom is 0.253 e. The number of carbonyl (C=O) groups excluding carboxylic acids is 1. The Labute approximate surface area is 158 Å². The molecule has 0 saturated carbocycles. The molecule has 0 aliphatic heterocycles. The first-order valence-electron chi connectivity index (χ1n) is 8.76. The average Bonchev–Trinajstić information content (AvgIpc) is 3.19. The predicted octanol–water partition coefficient (Wildman–Crippen LogP) is 3.48. The van der Waals surface area contributed by atoms with Crippen molar-refractivity contribution in [3.05, 3.63) is 78.1 Å². The smallest absolute Gasteiger partial charge is 0.253 e. The minimum atomic E-state index is -0.578. The second kappa shape index (κ2) is 9.00. The van der Waals surface area contributed by atoms with Crippen LogP contribution in [0.15, 0.2) is 67.0 Å². The highest BCUT2D eigenvalue weighted by Crippen LogP contribution is 2.15. The lowest BCUT2D eigenvalue weighted by molar-refractivity contribution is -0.127. The molecule has 2 aromatic carbocycles. The van der Waals surface area contributed by atoms with Crippen LogP contribution in [-0.2, 0) is 22.7 Å². The zero-order valence-electron chi connectivity index (χ0n) is 15.5. The van der Waals surface area contributed by atoms with Gasteiger partial charge in [-0.15, -0.1) is 0 Å². The average molecular weight is 365 g/mol. The van der Waals surface area contributed by atoms with Gasteiger partial charge in [0.25, 0.3) is 5.91 Å². The molecule has 6 nitrogen and oxygen atoms in total. The molecule has 0 fully saturated rings. The number of rotatable bonds is 8. The third kappa shape index (κ3) is 5.43. The van der Waals surface area contributed by atoms with Gasteiger partial charge in [0.15, 0.2) is 0 Å². The number of carbonyl (C=O) groups is 1. The number of ether oxygens (including phenoxy) is 2. The number of hydrogen-bond donors (Lipinski definition) is 1. The van der Waals surface area contributed by atoms with Gasteiger partial charge in [0.1, 0.15) is 11.9 Å². The summed E-state index contributed by atoms with van der Waals surface area (Å²) in [6, 6.07) is 17.2. The van der Waals surface area contributed by atoms with Crippen LogP contribution in [0.25, 0.3) is 0 Å². The first kappa shape index (κ1) is 18.7. The lowest BCUT2D eigenvalue weighted by atomic mass is 10.2. The number of methoxy groups -OCH3 is 1. The van der Waals surface area contributed by atoms with E-state index in [9.17, 15) is 4.79 Å². The fourth-order valence-electron chi connectivity index (χ4n) is 2.63. The Morgan fingerprint density at radius 3 is 2.74 bits per heavy atom. The van der Waals surface area contributed by atoms with Crippen LogP contribution in [-0.4, -0.2) is 28.9 Å². The minimum Gasteiger partial charge on any atom is -0.497 e. The molecule has 6 heteroatoms. The maximum atomic E-state index is 12.4. The lowest BCUT2D eigenvalue weighted by Gasteiger charge is -2.14. The molecule has 0 radical (unpaired) electrons. The molecule has 27 heavy (non-hydrogen) atoms. The fourth-order valence-corrected chi connectivity index (χ4v) is 2.63. The van der Waals surface area contributed by atoms with Crippen molar-refractivity contribution in [3.8, 4) is 5.75 Å². The molecule has 0 aliphatic carbocycles. The van der Waals surface area contributed by atoms with E-state index in [0.717, 1.165) is 22.6 Å². The molecule has 1 amide bonds. The zero-order chi connectivity index (χ0) is 19.1. The van der Waals surface area contributed by atoms with Gasteiger partial charge in [0, 0.05) is 18.1 Å². The third-order valence-electron chi connectivity index (χ3n) is 4.10. The third-order valence-corrected chi connectivity index (χ3v) is 4.10. The SMILES string of the molecule is COc1cccc(COC(C)C(=O)Nc2cccc(Cn3cccn3)c2)c1. The van der Waals surface area contributed by atoms with Crippen molar-refractivity contribution in [2.24, 2.45) is 0 Å². The molecule has 1 unspecified atom stereocenters. The summed E-state index contributed by atoms with van der Waals surface area (Å²) in [6.07, 6.45) is 3.07. The molecular formula is C21H23N3O3. The van der Waals surface area contributed by atoms with Gasteiger partial charge >= 0.3 is 0 Å². The van der Waals surface area contributed by atoms with E-state index in [2.05, 4.69) is 10.4 Å². The Hall–Kier alpha value is -3.12. The number of anilines is 1. The first-order valence-corrected chi connectivity index (χ1v) is 8.76. The molecule has 3 aromatic rings. The van der Waals surface area contributed by atoms with Crippen LogP contribution in [0.1, 0.15) is 18.1 Å². The summed E-state index contributed by atoms with van der Waals surface area (Å²) < 4.78 is 12.7. The van der Waals surface area contributed by atoms with E-state index >= 15 is 0 Å². The predicted molar refractivity (Wildman–Crippen MR) is 104 cm³/mol. The van der Waals surface area contributed by atoms with Gasteiger partial charge in [-0.2, -0.15) is 5.10 Å². The van der Waals surface area contributed by atoms with Crippen molar-refractivity contribution in [2.45, 2.75) is 26.2 Å². The highest BCUT2D eigenvalue weighted by Gasteiger charge is 2.14. The standard InChI is InChI=1S/C21H23N3O3/c1-16(27-15-18-7-4-9-20(13-18)26-2)21(25)23-19-8-3-6-17(12-19)14-24-11-5-10-22-24/h3-13,16H,14-15H2,1-2H3,(H,23,25). The molecule has 1 heterocycles. The van der Waals surface area contributed by atoms with Gasteiger partial charge in [-0.25, -0.2) is 0 Å². The highest BCUT2D eigenvalue weighted by molar-refractivity contribution is 5.93. The minimum absolute atomic E-state index is 0.186. The number of nitrogens with zero attached hydrogens (tertiary/aromatic N) is 2. The van der Waals surface area contributed by atoms with Crippen LogP contribution in [0.3, 0.4) is 0 Å². The van der Waals surface area contributed by atoms with E-state index in [4.69, 9.17) is 9.47 Å². The van der Waals surface area contributed by atoms with E-state index in [-0.39, 0.29) is 5.91 Å². The van der Waals surface area contributed by atoms with Crippen LogP contribution in [0.5, 0.6) is 5.75 Å². The summed E-state index contributed by atoms with van der Waals surface area (Å²) >= 11 is 0. The van der Waals surface area contributed by atoms with Crippen molar-refractivity contribution in [3.63, 3.8) is 0 Å². The zero-order valence-corrected chi connectivity index (χ0v) is 15.5. The Morgan fingerprint density at radius 1 is 1.15 bits per heavy atom. The molecule has 0 bridgehead atoms. The van der Waals surface area contributed by atoms with Crippen molar-refractivity contribution in [1.82, 2.24) is 9.78 Å². The molecule has 0 saturated heterocycles. The Bertz CT molecular complexity index is 878. The van der Waals surface area contributed by atoms with Crippen LogP contribution in [0.4, 0.5) is 5.69 Å². The Balaban J connectivity index is 1.54. The summed E-state index contributed by atoms with van der Waals surface area (Å²) in [5.41, 5.74) is 2.75. The van der Waals surface area contributed by atoms with Crippen molar-refractivity contribution >= 4 is 11.6 Å². The molecule has 140 valence electrons. The molecule has 0 aliphatic rings. The maximum absolute atomic E-state index is 12.4. The van der Waals surface area contributed by atoms with Gasteiger partial charge in [0.2, 0.25) is 0 Å². The van der Waals surface area contributed by atoms with Gasteiger partial charge < -0.3 is 14.8 Å². The monoisotopic (exact) mass is 365 g/mol. The Kier molecular flexibility index (Phi) is 6.22. The van der Waals surface area contributed by atoms with Gasteiger partial charge in [-0.05, 0) is 48.4 Å². The van der Waals surface area contributed by atoms with Crippen LogP contribution < -0.4 is 10.1 Å². The first-order chi connectivity index (χ1) is 13.1. The summed E-state index contributed by atoms with van der Waals surface area (Å²) in [5, 5.41) is 7.10. The van der Waals surface area contributed by atoms with E-state index in [1.165, 1.54) is 0 Å². The molecule has 0 spiro atoms. The topological polar surface area (TPSA) is 65.4 Å². The van der Waals surface area contributed by atoms with E-state index in [1.54, 1.807) is 20.2 Å². The second-order valence-corrected chi connectivity index (χ2v) is 6.20. The van der Waals surface area contributed by atoms with Crippen LogP contribution in [0.2, 0.25) is 0 Å². The number of hydrogen-bond acceptors (Lipinski definition) is 4. The molecule has 3 rings (SSSR count). The molecule has 1 N–H and O–H groups in total. The Morgan fingerprint density at radius 2 is 1.96 bits per heavy atom. The molecule has 1 aromatic heterocycles. The normalized spacial score (nSPS) is 11.8.